The van der Waals surface area contributed by atoms with E-state index in [2.05, 4.69) is 0 Å². The smallest absolute Gasteiger partial charge is 0.254 e. The predicted octanol–water partition coefficient (Wildman–Crippen LogP) is 0.936. The van der Waals surface area contributed by atoms with Crippen molar-refractivity contribution in [3.63, 3.8) is 0 Å². The van der Waals surface area contributed by atoms with Crippen LogP contribution in [0.5, 0.6) is 0 Å². The fourth-order valence-corrected chi connectivity index (χ4v) is 2.58. The van der Waals surface area contributed by atoms with Crippen molar-refractivity contribution in [3.8, 4) is 0 Å². The SMILES string of the molecule is CCC(=O)N1CCCN(C(=O)c2cc(N)cc(N)c2)CC1. The quantitative estimate of drug-likeness (QED) is 0.793. The van der Waals surface area contributed by atoms with Crippen LogP contribution in [0.3, 0.4) is 0 Å². The Morgan fingerprint density at radius 2 is 1.57 bits per heavy atom. The van der Waals surface area contributed by atoms with Crippen molar-refractivity contribution in [2.24, 2.45) is 0 Å². The maximum atomic E-state index is 12.5. The molecule has 1 heterocycles. The molecule has 21 heavy (non-hydrogen) atoms. The molecule has 1 saturated heterocycles. The van der Waals surface area contributed by atoms with Crippen LogP contribution in [-0.2, 0) is 4.79 Å². The predicted molar refractivity (Wildman–Crippen MR) is 82.7 cm³/mol. The van der Waals surface area contributed by atoms with Crippen molar-refractivity contribution in [1.82, 2.24) is 9.80 Å². The maximum Gasteiger partial charge on any atom is 0.254 e. The minimum absolute atomic E-state index is 0.0835. The molecule has 0 aromatic heterocycles. The molecule has 0 aliphatic carbocycles. The van der Waals surface area contributed by atoms with Gasteiger partial charge in [-0.1, -0.05) is 6.92 Å². The molecule has 114 valence electrons. The van der Waals surface area contributed by atoms with Gasteiger partial charge in [0.1, 0.15) is 0 Å². The Hall–Kier alpha value is -2.24. The molecular formula is C15H22N4O2. The standard InChI is InChI=1S/C15H22N4O2/c1-2-14(20)18-4-3-5-19(7-6-18)15(21)11-8-12(16)10-13(17)9-11/h8-10H,2-7,16-17H2,1H3. The van der Waals surface area contributed by atoms with Crippen molar-refractivity contribution in [2.45, 2.75) is 19.8 Å². The molecule has 6 nitrogen and oxygen atoms in total. The maximum absolute atomic E-state index is 12.5. The second-order valence-corrected chi connectivity index (χ2v) is 5.27. The number of nitrogens with two attached hydrogens (primary N) is 2. The summed E-state index contributed by atoms with van der Waals surface area (Å²) in [6, 6.07) is 4.90. The van der Waals surface area contributed by atoms with Crippen molar-refractivity contribution in [2.75, 3.05) is 37.6 Å². The fraction of sp³-hybridized carbons (Fsp3) is 0.467. The average molecular weight is 290 g/mol. The van der Waals surface area contributed by atoms with E-state index < -0.39 is 0 Å². The Morgan fingerprint density at radius 1 is 1.00 bits per heavy atom. The van der Waals surface area contributed by atoms with Crippen molar-refractivity contribution in [3.05, 3.63) is 23.8 Å². The molecule has 1 fully saturated rings. The molecule has 6 heteroatoms. The fourth-order valence-electron chi connectivity index (χ4n) is 2.58. The van der Waals surface area contributed by atoms with Gasteiger partial charge in [0.25, 0.3) is 5.91 Å². The van der Waals surface area contributed by atoms with E-state index in [1.807, 2.05) is 11.8 Å². The van der Waals surface area contributed by atoms with Crippen LogP contribution >= 0.6 is 0 Å². The molecule has 1 aliphatic rings. The number of amides is 2. The van der Waals surface area contributed by atoms with E-state index in [-0.39, 0.29) is 11.8 Å². The first-order chi connectivity index (χ1) is 10.0. The molecule has 1 aromatic carbocycles. The van der Waals surface area contributed by atoms with Gasteiger partial charge in [-0.3, -0.25) is 9.59 Å². The molecule has 1 aromatic rings. The van der Waals surface area contributed by atoms with Crippen LogP contribution in [0.2, 0.25) is 0 Å². The lowest BCUT2D eigenvalue weighted by molar-refractivity contribution is -0.130. The lowest BCUT2D eigenvalue weighted by atomic mass is 10.1. The van der Waals surface area contributed by atoms with Gasteiger partial charge in [-0.2, -0.15) is 0 Å². The van der Waals surface area contributed by atoms with Crippen LogP contribution in [0.1, 0.15) is 30.1 Å². The number of hydrogen-bond donors (Lipinski definition) is 2. The topological polar surface area (TPSA) is 92.7 Å². The van der Waals surface area contributed by atoms with Gasteiger partial charge in [0.05, 0.1) is 0 Å². The number of carbonyl (C=O) groups is 2. The molecule has 0 bridgehead atoms. The third-order valence-corrected chi connectivity index (χ3v) is 3.66. The van der Waals surface area contributed by atoms with Crippen LogP contribution in [0.25, 0.3) is 0 Å². The molecule has 1 aliphatic heterocycles. The summed E-state index contributed by atoms with van der Waals surface area (Å²) < 4.78 is 0. The molecule has 2 amide bonds. The van der Waals surface area contributed by atoms with Crippen molar-refractivity contribution >= 4 is 23.2 Å². The van der Waals surface area contributed by atoms with Gasteiger partial charge in [0, 0.05) is 49.5 Å². The number of carbonyl (C=O) groups excluding carboxylic acids is 2. The third-order valence-electron chi connectivity index (χ3n) is 3.66. The van der Waals surface area contributed by atoms with Gasteiger partial charge in [-0.05, 0) is 24.6 Å². The average Bonchev–Trinajstić information content (AvgIpc) is 2.70. The Balaban J connectivity index is 2.08. The van der Waals surface area contributed by atoms with Gasteiger partial charge < -0.3 is 21.3 Å². The van der Waals surface area contributed by atoms with Crippen LogP contribution in [-0.4, -0.2) is 47.8 Å². The minimum atomic E-state index is -0.0835. The molecule has 2 rings (SSSR count). The summed E-state index contributed by atoms with van der Waals surface area (Å²) in [7, 11) is 0. The summed E-state index contributed by atoms with van der Waals surface area (Å²) in [5.74, 6) is 0.0531. The zero-order valence-corrected chi connectivity index (χ0v) is 12.3. The summed E-state index contributed by atoms with van der Waals surface area (Å²) in [6.07, 6.45) is 1.29. The van der Waals surface area contributed by atoms with Crippen LogP contribution in [0.4, 0.5) is 11.4 Å². The second-order valence-electron chi connectivity index (χ2n) is 5.27. The minimum Gasteiger partial charge on any atom is -0.399 e. The lowest BCUT2D eigenvalue weighted by Crippen LogP contribution is -2.37. The summed E-state index contributed by atoms with van der Waals surface area (Å²) in [5.41, 5.74) is 12.9. The Morgan fingerprint density at radius 3 is 2.19 bits per heavy atom. The molecule has 4 N–H and O–H groups in total. The van der Waals surface area contributed by atoms with Crippen molar-refractivity contribution in [1.29, 1.82) is 0 Å². The zero-order chi connectivity index (χ0) is 15.4. The molecule has 0 atom stereocenters. The molecule has 0 spiro atoms. The van der Waals surface area contributed by atoms with Crippen molar-refractivity contribution < 1.29 is 9.59 Å². The second kappa shape index (κ2) is 6.47. The highest BCUT2D eigenvalue weighted by Gasteiger charge is 2.22. The van der Waals surface area contributed by atoms with E-state index in [9.17, 15) is 9.59 Å². The Bertz CT molecular complexity index is 524. The van der Waals surface area contributed by atoms with Gasteiger partial charge in [0.15, 0.2) is 0 Å². The highest BCUT2D eigenvalue weighted by Crippen LogP contribution is 2.16. The number of benzene rings is 1. The summed E-state index contributed by atoms with van der Waals surface area (Å²) in [5, 5.41) is 0. The third kappa shape index (κ3) is 3.65. The van der Waals surface area contributed by atoms with Gasteiger partial charge in [-0.25, -0.2) is 0 Å². The summed E-state index contributed by atoms with van der Waals surface area (Å²) >= 11 is 0. The molecule has 0 unspecified atom stereocenters. The monoisotopic (exact) mass is 290 g/mol. The molecule has 0 saturated carbocycles. The largest absolute Gasteiger partial charge is 0.399 e. The highest BCUT2D eigenvalue weighted by atomic mass is 16.2. The number of nitrogens with zero attached hydrogens (tertiary/aromatic N) is 2. The number of nitrogen functional groups attached to an aromatic ring is 2. The number of hydrogen-bond acceptors (Lipinski definition) is 4. The number of anilines is 2. The first-order valence-corrected chi connectivity index (χ1v) is 7.24. The Labute approximate surface area is 124 Å². The zero-order valence-electron chi connectivity index (χ0n) is 12.3. The van der Waals surface area contributed by atoms with Gasteiger partial charge in [0.2, 0.25) is 5.91 Å². The first kappa shape index (κ1) is 15.2. The Kier molecular flexibility index (Phi) is 4.67. The van der Waals surface area contributed by atoms with Gasteiger partial charge >= 0.3 is 0 Å². The van der Waals surface area contributed by atoms with E-state index in [4.69, 9.17) is 11.5 Å². The number of rotatable bonds is 2. The van der Waals surface area contributed by atoms with E-state index in [1.54, 1.807) is 23.1 Å². The van der Waals surface area contributed by atoms with Gasteiger partial charge in [-0.15, -0.1) is 0 Å². The summed E-state index contributed by atoms with van der Waals surface area (Å²) in [4.78, 5) is 27.8. The van der Waals surface area contributed by atoms with E-state index in [0.29, 0.717) is 49.5 Å². The van der Waals surface area contributed by atoms with E-state index in [0.717, 1.165) is 6.42 Å². The van der Waals surface area contributed by atoms with Crippen LogP contribution < -0.4 is 11.5 Å². The molecule has 0 radical (unpaired) electrons. The van der Waals surface area contributed by atoms with Crippen LogP contribution in [0.15, 0.2) is 18.2 Å². The summed E-state index contributed by atoms with van der Waals surface area (Å²) in [6.45, 7) is 4.32. The first-order valence-electron chi connectivity index (χ1n) is 7.24. The van der Waals surface area contributed by atoms with Crippen LogP contribution in [0, 0.1) is 0 Å². The lowest BCUT2D eigenvalue weighted by Gasteiger charge is -2.22. The normalized spacial score (nSPS) is 15.7. The molecular weight excluding hydrogens is 268 g/mol. The highest BCUT2D eigenvalue weighted by molar-refractivity contribution is 5.96. The van der Waals surface area contributed by atoms with E-state index >= 15 is 0 Å². The van der Waals surface area contributed by atoms with E-state index in [1.165, 1.54) is 0 Å².